The Morgan fingerprint density at radius 2 is 2.16 bits per heavy atom. The quantitative estimate of drug-likeness (QED) is 0.587. The number of thioether (sulfide) groups is 1. The van der Waals surface area contributed by atoms with Crippen molar-refractivity contribution in [3.63, 3.8) is 0 Å². The van der Waals surface area contributed by atoms with Crippen LogP contribution in [0.4, 0.5) is 0 Å². The molecule has 0 N–H and O–H groups in total. The van der Waals surface area contributed by atoms with Gasteiger partial charge in [0.05, 0.1) is 10.9 Å². The molecule has 0 bridgehead atoms. The van der Waals surface area contributed by atoms with Crippen LogP contribution in [0.1, 0.15) is 23.0 Å². The van der Waals surface area contributed by atoms with E-state index >= 15 is 0 Å². The Kier molecular flexibility index (Phi) is 4.99. The summed E-state index contributed by atoms with van der Waals surface area (Å²) in [4.78, 5) is 25.3. The van der Waals surface area contributed by atoms with Gasteiger partial charge in [0.1, 0.15) is 15.8 Å². The van der Waals surface area contributed by atoms with E-state index in [0.29, 0.717) is 32.9 Å². The van der Waals surface area contributed by atoms with Crippen LogP contribution in [0.3, 0.4) is 0 Å². The highest BCUT2D eigenvalue weighted by atomic mass is 35.5. The molecule has 5 nitrogen and oxygen atoms in total. The van der Waals surface area contributed by atoms with Crippen LogP contribution in [0, 0.1) is 0 Å². The molecule has 1 fully saturated rings. The van der Waals surface area contributed by atoms with Gasteiger partial charge >= 0.3 is 0 Å². The SMILES string of the molecule is CCN1C(=O)/C(=C\c2ccc(-c3ccc(Cl)c(C(=O)[O-])c3)o2)SC1=S. The number of thiocarbonyl (C=S) groups is 1. The van der Waals surface area contributed by atoms with E-state index in [9.17, 15) is 14.7 Å². The molecule has 0 spiro atoms. The Morgan fingerprint density at radius 3 is 2.80 bits per heavy atom. The van der Waals surface area contributed by atoms with Crippen molar-refractivity contribution < 1.29 is 19.1 Å². The third-order valence-electron chi connectivity index (χ3n) is 3.56. The standard InChI is InChI=1S/C17H12ClNO4S2/c1-2-19-15(20)14(25-17(19)24)8-10-4-6-13(23-10)9-3-5-12(18)11(7-9)16(21)22/h3-8H,2H2,1H3,(H,21,22)/p-1/b14-8+. The molecule has 3 rings (SSSR count). The number of likely N-dealkylation sites (N-methyl/N-ethyl adjacent to an activating group) is 1. The molecule has 2 heterocycles. The monoisotopic (exact) mass is 392 g/mol. The number of amides is 1. The highest BCUT2D eigenvalue weighted by Crippen LogP contribution is 2.33. The van der Waals surface area contributed by atoms with Gasteiger partial charge in [0, 0.05) is 28.8 Å². The summed E-state index contributed by atoms with van der Waals surface area (Å²) >= 11 is 12.2. The summed E-state index contributed by atoms with van der Waals surface area (Å²) in [5.41, 5.74) is 0.435. The number of carboxylic acid groups (broad SMARTS) is 1. The third-order valence-corrected chi connectivity index (χ3v) is 5.27. The molecule has 1 saturated heterocycles. The Bertz CT molecular complexity index is 919. The van der Waals surface area contributed by atoms with Gasteiger partial charge in [-0.3, -0.25) is 9.69 Å². The first kappa shape index (κ1) is 17.7. The van der Waals surface area contributed by atoms with Crippen molar-refractivity contribution in [3.05, 3.63) is 51.6 Å². The summed E-state index contributed by atoms with van der Waals surface area (Å²) in [5.74, 6) is -0.587. The number of carboxylic acids is 1. The molecular weight excluding hydrogens is 382 g/mol. The van der Waals surface area contributed by atoms with Gasteiger partial charge in [0.2, 0.25) is 0 Å². The average Bonchev–Trinajstić information content (AvgIpc) is 3.13. The number of halogens is 1. The third kappa shape index (κ3) is 3.49. The maximum atomic E-state index is 12.2. The van der Waals surface area contributed by atoms with Gasteiger partial charge in [0.25, 0.3) is 5.91 Å². The van der Waals surface area contributed by atoms with Crippen LogP contribution in [0.2, 0.25) is 5.02 Å². The van der Waals surface area contributed by atoms with Crippen molar-refractivity contribution in [2.75, 3.05) is 6.54 Å². The molecule has 0 aliphatic carbocycles. The molecule has 0 unspecified atom stereocenters. The Hall–Kier alpha value is -2.09. The van der Waals surface area contributed by atoms with Gasteiger partial charge in [-0.2, -0.15) is 0 Å². The molecule has 0 radical (unpaired) electrons. The van der Waals surface area contributed by atoms with E-state index in [0.717, 1.165) is 0 Å². The molecular formula is C17H11ClNO4S2-. The molecule has 8 heteroatoms. The van der Waals surface area contributed by atoms with E-state index in [1.807, 2.05) is 6.92 Å². The van der Waals surface area contributed by atoms with Crippen LogP contribution in [0.5, 0.6) is 0 Å². The fraction of sp³-hybridized carbons (Fsp3) is 0.118. The molecule has 0 atom stereocenters. The number of carbonyl (C=O) groups excluding carboxylic acids is 2. The van der Waals surface area contributed by atoms with E-state index in [1.165, 1.54) is 28.8 Å². The second-order valence-corrected chi connectivity index (χ2v) is 7.19. The van der Waals surface area contributed by atoms with E-state index in [-0.39, 0.29) is 16.5 Å². The first-order valence-corrected chi connectivity index (χ1v) is 8.87. The minimum absolute atomic E-state index is 0.0961. The van der Waals surface area contributed by atoms with Crippen LogP contribution in [0.15, 0.2) is 39.7 Å². The number of rotatable bonds is 4. The van der Waals surface area contributed by atoms with E-state index < -0.39 is 5.97 Å². The maximum Gasteiger partial charge on any atom is 0.266 e. The lowest BCUT2D eigenvalue weighted by atomic mass is 10.1. The predicted octanol–water partition coefficient (Wildman–Crippen LogP) is 3.18. The van der Waals surface area contributed by atoms with Crippen LogP contribution in [-0.4, -0.2) is 27.6 Å². The molecule has 1 aliphatic heterocycles. The topological polar surface area (TPSA) is 73.6 Å². The number of furan rings is 1. The lowest BCUT2D eigenvalue weighted by Crippen LogP contribution is -2.27. The Labute approximate surface area is 158 Å². The zero-order valence-electron chi connectivity index (χ0n) is 12.9. The summed E-state index contributed by atoms with van der Waals surface area (Å²) in [7, 11) is 0. The molecule has 128 valence electrons. The number of aromatic carboxylic acids is 1. The van der Waals surface area contributed by atoms with Crippen LogP contribution in [-0.2, 0) is 4.79 Å². The fourth-order valence-corrected chi connectivity index (χ4v) is 3.88. The average molecular weight is 393 g/mol. The van der Waals surface area contributed by atoms with E-state index in [2.05, 4.69) is 0 Å². The van der Waals surface area contributed by atoms with Crippen LogP contribution in [0.25, 0.3) is 17.4 Å². The largest absolute Gasteiger partial charge is 0.545 e. The van der Waals surface area contributed by atoms with Gasteiger partial charge in [-0.1, -0.05) is 35.6 Å². The zero-order valence-corrected chi connectivity index (χ0v) is 15.3. The summed E-state index contributed by atoms with van der Waals surface area (Å²) in [6.07, 6.45) is 1.62. The lowest BCUT2D eigenvalue weighted by molar-refractivity contribution is -0.255. The molecule has 25 heavy (non-hydrogen) atoms. The minimum atomic E-state index is -1.36. The molecule has 2 aromatic rings. The second-order valence-electron chi connectivity index (χ2n) is 5.11. The smallest absolute Gasteiger partial charge is 0.266 e. The highest BCUT2D eigenvalue weighted by Gasteiger charge is 2.30. The second kappa shape index (κ2) is 7.03. The number of hydrogen-bond donors (Lipinski definition) is 0. The van der Waals surface area contributed by atoms with Crippen LogP contribution < -0.4 is 5.11 Å². The summed E-state index contributed by atoms with van der Waals surface area (Å²) in [6, 6.07) is 7.89. The summed E-state index contributed by atoms with van der Waals surface area (Å²) < 4.78 is 6.21. The molecule has 1 amide bonds. The highest BCUT2D eigenvalue weighted by molar-refractivity contribution is 8.26. The fourth-order valence-electron chi connectivity index (χ4n) is 2.32. The van der Waals surface area contributed by atoms with Gasteiger partial charge < -0.3 is 14.3 Å². The van der Waals surface area contributed by atoms with Gasteiger partial charge in [-0.05, 0) is 37.3 Å². The normalized spacial score (nSPS) is 16.1. The first-order chi connectivity index (χ1) is 11.9. The Balaban J connectivity index is 1.90. The molecule has 0 saturated carbocycles. The number of benzene rings is 1. The van der Waals surface area contributed by atoms with E-state index in [1.54, 1.807) is 24.3 Å². The molecule has 1 aliphatic rings. The summed E-state index contributed by atoms with van der Waals surface area (Å²) in [5, 5.41) is 11.2. The van der Waals surface area contributed by atoms with Gasteiger partial charge in [0.15, 0.2) is 0 Å². The zero-order chi connectivity index (χ0) is 18.1. The number of nitrogens with zero attached hydrogens (tertiary/aromatic N) is 1. The van der Waals surface area contributed by atoms with E-state index in [4.69, 9.17) is 28.2 Å². The van der Waals surface area contributed by atoms with Crippen molar-refractivity contribution in [1.29, 1.82) is 0 Å². The van der Waals surface area contributed by atoms with Crippen molar-refractivity contribution in [1.82, 2.24) is 4.90 Å². The minimum Gasteiger partial charge on any atom is -0.545 e. The van der Waals surface area contributed by atoms with Crippen molar-refractivity contribution in [2.24, 2.45) is 0 Å². The Morgan fingerprint density at radius 1 is 1.40 bits per heavy atom. The number of hydrogen-bond acceptors (Lipinski definition) is 6. The van der Waals surface area contributed by atoms with Crippen molar-refractivity contribution in [3.8, 4) is 11.3 Å². The van der Waals surface area contributed by atoms with Crippen molar-refractivity contribution >= 4 is 57.9 Å². The van der Waals surface area contributed by atoms with Crippen LogP contribution >= 0.6 is 35.6 Å². The molecule has 1 aromatic carbocycles. The van der Waals surface area contributed by atoms with Crippen molar-refractivity contribution in [2.45, 2.75) is 6.92 Å². The summed E-state index contributed by atoms with van der Waals surface area (Å²) in [6.45, 7) is 2.37. The number of carbonyl (C=O) groups is 2. The van der Waals surface area contributed by atoms with Gasteiger partial charge in [-0.15, -0.1) is 0 Å². The lowest BCUT2D eigenvalue weighted by Gasteiger charge is -2.09. The van der Waals surface area contributed by atoms with Gasteiger partial charge in [-0.25, -0.2) is 0 Å². The maximum absolute atomic E-state index is 12.2. The predicted molar refractivity (Wildman–Crippen MR) is 99.0 cm³/mol. The molecule has 1 aromatic heterocycles. The first-order valence-electron chi connectivity index (χ1n) is 7.27.